The van der Waals surface area contributed by atoms with E-state index in [1.807, 2.05) is 12.1 Å². The molecule has 0 amide bonds. The number of nitrogens with one attached hydrogen (secondary N) is 1. The van der Waals surface area contributed by atoms with Crippen LogP contribution in [0.2, 0.25) is 10.0 Å². The van der Waals surface area contributed by atoms with Crippen molar-refractivity contribution in [1.82, 2.24) is 15.1 Å². The number of piperazine rings is 1. The van der Waals surface area contributed by atoms with Crippen molar-refractivity contribution < 1.29 is 0 Å². The van der Waals surface area contributed by atoms with Gasteiger partial charge in [-0.3, -0.25) is 9.80 Å². The molecule has 2 aliphatic rings. The predicted molar refractivity (Wildman–Crippen MR) is 80.0 cm³/mol. The van der Waals surface area contributed by atoms with Crippen LogP contribution in [0.25, 0.3) is 0 Å². The van der Waals surface area contributed by atoms with E-state index < -0.39 is 0 Å². The maximum absolute atomic E-state index is 6.04. The fourth-order valence-corrected chi connectivity index (χ4v) is 3.35. The number of hydrogen-bond donors (Lipinski definition) is 1. The van der Waals surface area contributed by atoms with Crippen LogP contribution in [0.1, 0.15) is 5.56 Å². The van der Waals surface area contributed by atoms with Crippen LogP contribution in [-0.4, -0.2) is 55.1 Å². The Bertz CT molecular complexity index is 420. The van der Waals surface area contributed by atoms with Crippen molar-refractivity contribution in [1.29, 1.82) is 0 Å². The number of nitrogens with zero attached hydrogens (tertiary/aromatic N) is 2. The molecule has 1 aromatic rings. The summed E-state index contributed by atoms with van der Waals surface area (Å²) < 4.78 is 0. The Kier molecular flexibility index (Phi) is 4.30. The first-order valence-corrected chi connectivity index (χ1v) is 7.58. The summed E-state index contributed by atoms with van der Waals surface area (Å²) in [5, 5.41) is 4.78. The quantitative estimate of drug-likeness (QED) is 0.922. The molecule has 3 rings (SSSR count). The molecule has 0 aromatic heterocycles. The van der Waals surface area contributed by atoms with E-state index in [0.717, 1.165) is 48.8 Å². The van der Waals surface area contributed by atoms with Gasteiger partial charge in [0, 0.05) is 61.9 Å². The predicted octanol–water partition coefficient (Wildman–Crippen LogP) is 2.08. The van der Waals surface area contributed by atoms with Gasteiger partial charge in [-0.25, -0.2) is 0 Å². The maximum atomic E-state index is 6.04. The van der Waals surface area contributed by atoms with Gasteiger partial charge in [0.1, 0.15) is 0 Å². The summed E-state index contributed by atoms with van der Waals surface area (Å²) in [6.45, 7) is 7.84. The molecule has 0 aliphatic carbocycles. The first-order chi connectivity index (χ1) is 9.20. The van der Waals surface area contributed by atoms with Crippen LogP contribution in [0.5, 0.6) is 0 Å². The minimum atomic E-state index is 0.724. The Morgan fingerprint density at radius 1 is 1.00 bits per heavy atom. The molecular formula is C14H19Cl2N3. The number of halogens is 2. The summed E-state index contributed by atoms with van der Waals surface area (Å²) in [4.78, 5) is 5.07. The minimum absolute atomic E-state index is 0.724. The van der Waals surface area contributed by atoms with Crippen molar-refractivity contribution >= 4 is 23.2 Å². The highest BCUT2D eigenvalue weighted by Crippen LogP contribution is 2.21. The van der Waals surface area contributed by atoms with E-state index >= 15 is 0 Å². The summed E-state index contributed by atoms with van der Waals surface area (Å²) in [5.41, 5.74) is 1.20. The van der Waals surface area contributed by atoms with Crippen LogP contribution in [0, 0.1) is 0 Å². The van der Waals surface area contributed by atoms with Crippen molar-refractivity contribution in [2.45, 2.75) is 12.6 Å². The summed E-state index contributed by atoms with van der Waals surface area (Å²) >= 11 is 12.1. The van der Waals surface area contributed by atoms with E-state index in [9.17, 15) is 0 Å². The summed E-state index contributed by atoms with van der Waals surface area (Å²) in [6.07, 6.45) is 0. The average molecular weight is 300 g/mol. The monoisotopic (exact) mass is 299 g/mol. The Hall–Kier alpha value is -0.320. The summed E-state index contributed by atoms with van der Waals surface area (Å²) in [5.74, 6) is 0. The third kappa shape index (κ3) is 3.41. The van der Waals surface area contributed by atoms with Gasteiger partial charge in [-0.2, -0.15) is 0 Å². The molecule has 3 nitrogen and oxygen atoms in total. The van der Waals surface area contributed by atoms with Gasteiger partial charge >= 0.3 is 0 Å². The first kappa shape index (κ1) is 13.7. The van der Waals surface area contributed by atoms with Gasteiger partial charge in [0.25, 0.3) is 0 Å². The molecule has 0 bridgehead atoms. The molecule has 2 heterocycles. The van der Waals surface area contributed by atoms with E-state index in [0.29, 0.717) is 0 Å². The highest BCUT2D eigenvalue weighted by Gasteiger charge is 2.27. The molecular weight excluding hydrogens is 281 g/mol. The van der Waals surface area contributed by atoms with Gasteiger partial charge in [0.05, 0.1) is 0 Å². The number of benzene rings is 1. The molecule has 104 valence electrons. The van der Waals surface area contributed by atoms with Crippen LogP contribution >= 0.6 is 23.2 Å². The van der Waals surface area contributed by atoms with E-state index in [2.05, 4.69) is 15.1 Å². The maximum Gasteiger partial charge on any atom is 0.0424 e. The topological polar surface area (TPSA) is 18.5 Å². The molecule has 2 fully saturated rings. The molecule has 0 saturated carbocycles. The highest BCUT2D eigenvalue weighted by atomic mass is 35.5. The fraction of sp³-hybridized carbons (Fsp3) is 0.571. The molecule has 19 heavy (non-hydrogen) atoms. The fourth-order valence-electron chi connectivity index (χ4n) is 2.78. The summed E-state index contributed by atoms with van der Waals surface area (Å²) in [6, 6.07) is 6.57. The molecule has 1 aromatic carbocycles. The van der Waals surface area contributed by atoms with Gasteiger partial charge < -0.3 is 5.32 Å². The standard InChI is InChI=1S/C14H19Cl2N3/c15-12-5-11(6-13(16)7-12)10-18-1-3-19(4-2-18)14-8-17-9-14/h5-7,14,17H,1-4,8-10H2. The number of hydrogen-bond acceptors (Lipinski definition) is 3. The van der Waals surface area contributed by atoms with Crippen LogP contribution < -0.4 is 5.32 Å². The minimum Gasteiger partial charge on any atom is -0.314 e. The normalized spacial score (nSPS) is 22.4. The summed E-state index contributed by atoms with van der Waals surface area (Å²) in [7, 11) is 0. The smallest absolute Gasteiger partial charge is 0.0424 e. The second-order valence-corrected chi connectivity index (χ2v) is 6.27. The zero-order valence-corrected chi connectivity index (χ0v) is 12.4. The third-order valence-electron chi connectivity index (χ3n) is 4.01. The van der Waals surface area contributed by atoms with Crippen LogP contribution in [0.15, 0.2) is 18.2 Å². The lowest BCUT2D eigenvalue weighted by atomic mass is 10.1. The Morgan fingerprint density at radius 3 is 2.16 bits per heavy atom. The second-order valence-electron chi connectivity index (χ2n) is 5.40. The Labute approximate surface area is 124 Å². The van der Waals surface area contributed by atoms with Gasteiger partial charge in [-0.15, -0.1) is 0 Å². The van der Waals surface area contributed by atoms with Crippen molar-refractivity contribution in [3.05, 3.63) is 33.8 Å². The lowest BCUT2D eigenvalue weighted by Crippen LogP contribution is -2.61. The van der Waals surface area contributed by atoms with Crippen molar-refractivity contribution in [2.75, 3.05) is 39.3 Å². The molecule has 0 atom stereocenters. The number of rotatable bonds is 3. The molecule has 5 heteroatoms. The molecule has 2 saturated heterocycles. The van der Waals surface area contributed by atoms with Crippen molar-refractivity contribution in [3.63, 3.8) is 0 Å². The lowest BCUT2D eigenvalue weighted by Gasteiger charge is -2.43. The molecule has 0 radical (unpaired) electrons. The first-order valence-electron chi connectivity index (χ1n) is 6.83. The van der Waals surface area contributed by atoms with Crippen LogP contribution in [-0.2, 0) is 6.54 Å². The van der Waals surface area contributed by atoms with E-state index in [4.69, 9.17) is 23.2 Å². The zero-order valence-electron chi connectivity index (χ0n) is 10.9. The van der Waals surface area contributed by atoms with Gasteiger partial charge in [0.2, 0.25) is 0 Å². The molecule has 2 aliphatic heterocycles. The largest absolute Gasteiger partial charge is 0.314 e. The zero-order chi connectivity index (χ0) is 13.2. The molecule has 0 unspecified atom stereocenters. The second kappa shape index (κ2) is 5.98. The molecule has 1 N–H and O–H groups in total. The van der Waals surface area contributed by atoms with Crippen molar-refractivity contribution in [3.8, 4) is 0 Å². The third-order valence-corrected chi connectivity index (χ3v) is 4.45. The van der Waals surface area contributed by atoms with E-state index in [1.54, 1.807) is 6.07 Å². The average Bonchev–Trinajstić information content (AvgIpc) is 2.28. The van der Waals surface area contributed by atoms with E-state index in [-0.39, 0.29) is 0 Å². The van der Waals surface area contributed by atoms with Crippen LogP contribution in [0.3, 0.4) is 0 Å². The van der Waals surface area contributed by atoms with E-state index in [1.165, 1.54) is 18.7 Å². The highest BCUT2D eigenvalue weighted by molar-refractivity contribution is 6.34. The molecule has 0 spiro atoms. The van der Waals surface area contributed by atoms with Gasteiger partial charge in [0.15, 0.2) is 0 Å². The van der Waals surface area contributed by atoms with Gasteiger partial charge in [-0.05, 0) is 23.8 Å². The van der Waals surface area contributed by atoms with Crippen molar-refractivity contribution in [2.24, 2.45) is 0 Å². The Morgan fingerprint density at radius 2 is 1.63 bits per heavy atom. The SMILES string of the molecule is Clc1cc(Cl)cc(CN2CCN(C3CNC3)CC2)c1. The lowest BCUT2D eigenvalue weighted by molar-refractivity contribution is 0.0696. The Balaban J connectivity index is 1.53. The van der Waals surface area contributed by atoms with Gasteiger partial charge in [-0.1, -0.05) is 23.2 Å². The van der Waals surface area contributed by atoms with Crippen LogP contribution in [0.4, 0.5) is 0 Å².